The minimum Gasteiger partial charge on any atom is -0.345 e. The van der Waals surface area contributed by atoms with Crippen LogP contribution in [0.2, 0.25) is 5.02 Å². The fourth-order valence-electron chi connectivity index (χ4n) is 4.35. The number of nitrogens with one attached hydrogen (secondary N) is 1. The summed E-state index contributed by atoms with van der Waals surface area (Å²) < 4.78 is 53.3. The number of carbonyl (C=O) groups is 2. The number of imidazole rings is 1. The number of alkyl halides is 2. The van der Waals surface area contributed by atoms with Gasteiger partial charge in [0.2, 0.25) is 10.0 Å². The van der Waals surface area contributed by atoms with Gasteiger partial charge in [0.15, 0.2) is 5.82 Å². The number of rotatable bonds is 7. The van der Waals surface area contributed by atoms with Crippen LogP contribution in [-0.2, 0) is 23.1 Å². The van der Waals surface area contributed by atoms with Gasteiger partial charge in [0.25, 0.3) is 17.7 Å². The molecule has 3 aliphatic rings. The van der Waals surface area contributed by atoms with E-state index in [1.54, 1.807) is 24.3 Å². The summed E-state index contributed by atoms with van der Waals surface area (Å²) >= 11 is 5.86. The second kappa shape index (κ2) is 7.99. The molecule has 0 spiro atoms. The third kappa shape index (κ3) is 3.97. The molecule has 3 heterocycles. The lowest BCUT2D eigenvalue weighted by Crippen LogP contribution is -2.62. The minimum absolute atomic E-state index is 0.0699. The molecule has 1 aromatic heterocycles. The fraction of sp³-hybridized carbons (Fsp3) is 0.476. The maximum absolute atomic E-state index is 13.2. The Morgan fingerprint density at radius 1 is 1.15 bits per heavy atom. The van der Waals surface area contributed by atoms with Gasteiger partial charge in [-0.2, -0.15) is 4.31 Å². The molecular formula is C21H22ClF2N5O4S. The number of benzene rings is 1. The Morgan fingerprint density at radius 3 is 2.44 bits per heavy atom. The predicted molar refractivity (Wildman–Crippen MR) is 118 cm³/mol. The van der Waals surface area contributed by atoms with Crippen LogP contribution in [0.15, 0.2) is 30.5 Å². The van der Waals surface area contributed by atoms with E-state index in [2.05, 4.69) is 10.3 Å². The zero-order valence-corrected chi connectivity index (χ0v) is 19.6. The standard InChI is InChI=1S/C21H22ClF2N5O4S/c22-15-3-1-14(2-4-15)9-26-18(30)17-25-10-16-19(31)27(7-8-29(16)17)11-20(5-6-20)34(32,33)28-12-21(23,24)13-28/h1-4,10H,5-9,11-13H2,(H,26,30). The molecule has 9 nitrogen and oxygen atoms in total. The Bertz CT molecular complexity index is 1250. The molecular weight excluding hydrogens is 492 g/mol. The lowest BCUT2D eigenvalue weighted by Gasteiger charge is -2.41. The number of nitrogens with zero attached hydrogens (tertiary/aromatic N) is 4. The van der Waals surface area contributed by atoms with E-state index in [-0.39, 0.29) is 37.7 Å². The lowest BCUT2D eigenvalue weighted by molar-refractivity contribution is -0.0950. The van der Waals surface area contributed by atoms with Gasteiger partial charge in [0.1, 0.15) is 10.4 Å². The summed E-state index contributed by atoms with van der Waals surface area (Å²) in [5, 5.41) is 3.35. The molecule has 1 saturated carbocycles. The number of aromatic nitrogens is 2. The van der Waals surface area contributed by atoms with Crippen LogP contribution in [0, 0.1) is 0 Å². The Kier molecular flexibility index (Phi) is 5.45. The van der Waals surface area contributed by atoms with E-state index in [1.165, 1.54) is 15.7 Å². The molecule has 13 heteroatoms. The molecule has 1 aliphatic carbocycles. The fourth-order valence-corrected chi connectivity index (χ4v) is 6.68. The van der Waals surface area contributed by atoms with Crippen LogP contribution >= 0.6 is 11.6 Å². The Balaban J connectivity index is 1.25. The summed E-state index contributed by atoms with van der Waals surface area (Å²) in [6.45, 7) is -0.984. The molecule has 5 rings (SSSR count). The van der Waals surface area contributed by atoms with Crippen LogP contribution in [0.25, 0.3) is 0 Å². The summed E-state index contributed by atoms with van der Waals surface area (Å²) in [6.07, 6.45) is 1.94. The van der Waals surface area contributed by atoms with Crippen LogP contribution in [0.5, 0.6) is 0 Å². The summed E-state index contributed by atoms with van der Waals surface area (Å²) in [5.74, 6) is -3.79. The monoisotopic (exact) mass is 513 g/mol. The first-order chi connectivity index (χ1) is 16.0. The van der Waals surface area contributed by atoms with Crippen molar-refractivity contribution in [2.75, 3.05) is 26.2 Å². The van der Waals surface area contributed by atoms with Crippen molar-refractivity contribution >= 4 is 33.4 Å². The van der Waals surface area contributed by atoms with Crippen LogP contribution in [0.1, 0.15) is 39.5 Å². The first kappa shape index (κ1) is 23.2. The van der Waals surface area contributed by atoms with Crippen molar-refractivity contribution in [3.63, 3.8) is 0 Å². The van der Waals surface area contributed by atoms with Crippen molar-refractivity contribution < 1.29 is 26.8 Å². The van der Waals surface area contributed by atoms with E-state index in [0.29, 0.717) is 17.9 Å². The summed E-state index contributed by atoms with van der Waals surface area (Å²) in [6, 6.07) is 7.00. The predicted octanol–water partition coefficient (Wildman–Crippen LogP) is 1.74. The van der Waals surface area contributed by atoms with E-state index in [1.807, 2.05) is 0 Å². The molecule has 182 valence electrons. The van der Waals surface area contributed by atoms with Crippen LogP contribution < -0.4 is 5.32 Å². The highest BCUT2D eigenvalue weighted by atomic mass is 35.5. The first-order valence-corrected chi connectivity index (χ1v) is 12.6. The average molecular weight is 514 g/mol. The van der Waals surface area contributed by atoms with E-state index in [9.17, 15) is 26.8 Å². The number of sulfonamides is 1. The normalized spacial score (nSPS) is 21.0. The Morgan fingerprint density at radius 2 is 1.82 bits per heavy atom. The maximum atomic E-state index is 13.2. The van der Waals surface area contributed by atoms with Crippen molar-refractivity contribution in [2.24, 2.45) is 0 Å². The average Bonchev–Trinajstić information content (AvgIpc) is 3.44. The van der Waals surface area contributed by atoms with Crippen molar-refractivity contribution in [3.8, 4) is 0 Å². The lowest BCUT2D eigenvalue weighted by atomic mass is 10.2. The molecule has 1 N–H and O–H groups in total. The summed E-state index contributed by atoms with van der Waals surface area (Å²) in [4.78, 5) is 31.2. The van der Waals surface area contributed by atoms with E-state index < -0.39 is 45.6 Å². The van der Waals surface area contributed by atoms with Crippen molar-refractivity contribution in [1.29, 1.82) is 0 Å². The molecule has 2 amide bonds. The van der Waals surface area contributed by atoms with Gasteiger partial charge in [-0.05, 0) is 30.5 Å². The molecule has 1 aromatic carbocycles. The third-order valence-corrected chi connectivity index (χ3v) is 9.34. The van der Waals surface area contributed by atoms with Crippen molar-refractivity contribution in [1.82, 2.24) is 24.1 Å². The van der Waals surface area contributed by atoms with Crippen LogP contribution in [0.3, 0.4) is 0 Å². The summed E-state index contributed by atoms with van der Waals surface area (Å²) in [7, 11) is -3.94. The largest absolute Gasteiger partial charge is 0.345 e. The third-order valence-electron chi connectivity index (χ3n) is 6.51. The van der Waals surface area contributed by atoms with Crippen LogP contribution in [-0.4, -0.2) is 75.8 Å². The smallest absolute Gasteiger partial charge is 0.287 e. The van der Waals surface area contributed by atoms with Gasteiger partial charge < -0.3 is 14.8 Å². The highest BCUT2D eigenvalue weighted by Crippen LogP contribution is 2.48. The molecule has 2 fully saturated rings. The Labute approximate surface area is 199 Å². The number of carbonyl (C=O) groups excluding carboxylic acids is 2. The molecule has 1 saturated heterocycles. The second-order valence-electron chi connectivity index (χ2n) is 8.97. The molecule has 0 bridgehead atoms. The molecule has 34 heavy (non-hydrogen) atoms. The summed E-state index contributed by atoms with van der Waals surface area (Å²) in [5.41, 5.74) is 1.04. The van der Waals surface area contributed by atoms with Gasteiger partial charge in [-0.1, -0.05) is 23.7 Å². The van der Waals surface area contributed by atoms with Gasteiger partial charge in [-0.3, -0.25) is 9.59 Å². The number of hydrogen-bond acceptors (Lipinski definition) is 5. The van der Waals surface area contributed by atoms with Gasteiger partial charge in [-0.15, -0.1) is 0 Å². The molecule has 2 aromatic rings. The first-order valence-electron chi connectivity index (χ1n) is 10.8. The van der Waals surface area contributed by atoms with Crippen LogP contribution in [0.4, 0.5) is 8.78 Å². The second-order valence-corrected chi connectivity index (χ2v) is 11.7. The van der Waals surface area contributed by atoms with Gasteiger partial charge in [-0.25, -0.2) is 22.2 Å². The molecule has 0 unspecified atom stereocenters. The zero-order valence-electron chi connectivity index (χ0n) is 18.0. The number of hydrogen-bond donors (Lipinski definition) is 1. The van der Waals surface area contributed by atoms with Crippen molar-refractivity contribution in [2.45, 2.75) is 36.6 Å². The topological polar surface area (TPSA) is 105 Å². The minimum atomic E-state index is -3.94. The van der Waals surface area contributed by atoms with Gasteiger partial charge in [0, 0.05) is 31.2 Å². The molecule has 0 radical (unpaired) electrons. The SMILES string of the molecule is O=C(NCc1ccc(Cl)cc1)c1ncc2n1CCN(CC1(S(=O)(=O)N3CC(F)(F)C3)CC1)C2=O. The van der Waals surface area contributed by atoms with E-state index in [0.717, 1.165) is 9.87 Å². The van der Waals surface area contributed by atoms with E-state index in [4.69, 9.17) is 11.6 Å². The number of halogens is 3. The van der Waals surface area contributed by atoms with Gasteiger partial charge >= 0.3 is 0 Å². The number of fused-ring (bicyclic) bond motifs is 1. The maximum Gasteiger partial charge on any atom is 0.287 e. The molecule has 2 aliphatic heterocycles. The highest BCUT2D eigenvalue weighted by molar-refractivity contribution is 7.90. The highest BCUT2D eigenvalue weighted by Gasteiger charge is 2.62. The quantitative estimate of drug-likeness (QED) is 0.607. The van der Waals surface area contributed by atoms with Gasteiger partial charge in [0.05, 0.1) is 19.3 Å². The number of amides is 2. The zero-order chi connectivity index (χ0) is 24.3. The van der Waals surface area contributed by atoms with Crippen molar-refractivity contribution in [3.05, 3.63) is 52.6 Å². The Hall–Kier alpha value is -2.57. The molecule has 0 atom stereocenters. The van der Waals surface area contributed by atoms with E-state index >= 15 is 0 Å².